The van der Waals surface area contributed by atoms with E-state index in [1.54, 1.807) is 0 Å². The largest absolute Gasteiger partial charge is 0.389 e. The van der Waals surface area contributed by atoms with Gasteiger partial charge in [-0.05, 0) is 26.7 Å². The molecule has 0 amide bonds. The standard InChI is InChI=1S/C18H31N5O/c1-3-19-16-13-15(2)20-17(21-16)23-11-9-22(10-12-23)14-18(24)7-5-4-6-8-18/h13,24H,3-12,14H2,1-2H3,(H,19,20,21). The van der Waals surface area contributed by atoms with E-state index >= 15 is 0 Å². The number of aliphatic hydroxyl groups is 1. The molecule has 1 aliphatic heterocycles. The molecule has 2 aliphatic rings. The predicted molar refractivity (Wildman–Crippen MR) is 97.6 cm³/mol. The van der Waals surface area contributed by atoms with Crippen LogP contribution in [-0.2, 0) is 0 Å². The number of aryl methyl sites for hydroxylation is 1. The molecule has 2 fully saturated rings. The van der Waals surface area contributed by atoms with Crippen LogP contribution in [0.25, 0.3) is 0 Å². The van der Waals surface area contributed by atoms with Crippen LogP contribution in [0, 0.1) is 6.92 Å². The molecule has 0 radical (unpaired) electrons. The Morgan fingerprint density at radius 1 is 1.12 bits per heavy atom. The van der Waals surface area contributed by atoms with Crippen molar-refractivity contribution in [3.63, 3.8) is 0 Å². The molecule has 1 saturated heterocycles. The average Bonchev–Trinajstić information content (AvgIpc) is 2.55. The molecule has 0 aromatic carbocycles. The van der Waals surface area contributed by atoms with Gasteiger partial charge in [0.05, 0.1) is 5.60 Å². The minimum atomic E-state index is -0.460. The molecular weight excluding hydrogens is 302 g/mol. The minimum Gasteiger partial charge on any atom is -0.389 e. The van der Waals surface area contributed by atoms with Crippen LogP contribution in [0.15, 0.2) is 6.07 Å². The zero-order chi connectivity index (χ0) is 17.0. The lowest BCUT2D eigenvalue weighted by Gasteiger charge is -2.41. The highest BCUT2D eigenvalue weighted by atomic mass is 16.3. The van der Waals surface area contributed by atoms with Crippen molar-refractivity contribution in [2.24, 2.45) is 0 Å². The van der Waals surface area contributed by atoms with Crippen LogP contribution in [0.5, 0.6) is 0 Å². The topological polar surface area (TPSA) is 64.5 Å². The summed E-state index contributed by atoms with van der Waals surface area (Å²) in [6, 6.07) is 1.99. The third kappa shape index (κ3) is 4.36. The molecule has 1 aromatic rings. The molecule has 2 N–H and O–H groups in total. The fourth-order valence-electron chi connectivity index (χ4n) is 3.86. The fourth-order valence-corrected chi connectivity index (χ4v) is 3.86. The molecular formula is C18H31N5O. The van der Waals surface area contributed by atoms with Crippen molar-refractivity contribution in [1.82, 2.24) is 14.9 Å². The van der Waals surface area contributed by atoms with Crippen molar-refractivity contribution >= 4 is 11.8 Å². The number of nitrogens with zero attached hydrogens (tertiary/aromatic N) is 4. The smallest absolute Gasteiger partial charge is 0.227 e. The van der Waals surface area contributed by atoms with E-state index in [9.17, 15) is 5.11 Å². The van der Waals surface area contributed by atoms with Crippen molar-refractivity contribution in [3.05, 3.63) is 11.8 Å². The van der Waals surface area contributed by atoms with E-state index in [2.05, 4.69) is 32.0 Å². The normalized spacial score (nSPS) is 21.7. The number of β-amino-alcohol motifs (C(OH)–C–C–N with tert-alkyl or cyclic N) is 1. The molecule has 0 atom stereocenters. The number of aromatic nitrogens is 2. The van der Waals surface area contributed by atoms with Crippen molar-refractivity contribution in [1.29, 1.82) is 0 Å². The van der Waals surface area contributed by atoms with E-state index in [0.29, 0.717) is 0 Å². The zero-order valence-corrected chi connectivity index (χ0v) is 15.1. The number of anilines is 2. The Morgan fingerprint density at radius 2 is 1.83 bits per heavy atom. The van der Waals surface area contributed by atoms with Gasteiger partial charge in [-0.1, -0.05) is 19.3 Å². The third-order valence-corrected chi connectivity index (χ3v) is 5.16. The molecule has 0 spiro atoms. The summed E-state index contributed by atoms with van der Waals surface area (Å²) in [5, 5.41) is 14.0. The van der Waals surface area contributed by atoms with Gasteiger partial charge in [0.25, 0.3) is 0 Å². The summed E-state index contributed by atoms with van der Waals surface area (Å²) < 4.78 is 0. The summed E-state index contributed by atoms with van der Waals surface area (Å²) in [5.41, 5.74) is 0.535. The maximum Gasteiger partial charge on any atom is 0.227 e. The first-order chi connectivity index (χ1) is 11.6. The Balaban J connectivity index is 1.57. The quantitative estimate of drug-likeness (QED) is 0.860. The lowest BCUT2D eigenvalue weighted by atomic mass is 9.84. The maximum atomic E-state index is 10.8. The Bertz CT molecular complexity index is 536. The molecule has 0 unspecified atom stereocenters. The van der Waals surface area contributed by atoms with E-state index in [0.717, 1.165) is 69.6 Å². The van der Waals surface area contributed by atoms with E-state index in [1.165, 1.54) is 19.3 Å². The fraction of sp³-hybridized carbons (Fsp3) is 0.778. The minimum absolute atomic E-state index is 0.460. The first kappa shape index (κ1) is 17.4. The first-order valence-electron chi connectivity index (χ1n) is 9.37. The van der Waals surface area contributed by atoms with Gasteiger partial charge in [0.15, 0.2) is 0 Å². The first-order valence-corrected chi connectivity index (χ1v) is 9.37. The number of piperazine rings is 1. The second-order valence-electron chi connectivity index (χ2n) is 7.27. The zero-order valence-electron chi connectivity index (χ0n) is 15.1. The lowest BCUT2D eigenvalue weighted by molar-refractivity contribution is -0.0271. The highest BCUT2D eigenvalue weighted by Gasteiger charge is 2.32. The van der Waals surface area contributed by atoms with E-state index in [1.807, 2.05) is 13.0 Å². The Hall–Kier alpha value is -1.40. The van der Waals surface area contributed by atoms with E-state index in [4.69, 9.17) is 0 Å². The molecule has 1 aromatic heterocycles. The molecule has 6 nitrogen and oxygen atoms in total. The Morgan fingerprint density at radius 3 is 2.50 bits per heavy atom. The second-order valence-corrected chi connectivity index (χ2v) is 7.27. The van der Waals surface area contributed by atoms with Crippen molar-refractivity contribution in [2.45, 2.75) is 51.6 Å². The number of rotatable bonds is 5. The Kier molecular flexibility index (Phi) is 5.56. The van der Waals surface area contributed by atoms with Gasteiger partial charge in [0.2, 0.25) is 5.95 Å². The predicted octanol–water partition coefficient (Wildman–Crippen LogP) is 2.03. The molecule has 24 heavy (non-hydrogen) atoms. The van der Waals surface area contributed by atoms with Crippen molar-refractivity contribution in [3.8, 4) is 0 Å². The van der Waals surface area contributed by atoms with Gasteiger partial charge in [0.1, 0.15) is 5.82 Å². The molecule has 3 rings (SSSR count). The maximum absolute atomic E-state index is 10.8. The molecule has 2 heterocycles. The summed E-state index contributed by atoms with van der Waals surface area (Å²) >= 11 is 0. The highest BCUT2D eigenvalue weighted by Crippen LogP contribution is 2.29. The number of nitrogens with one attached hydrogen (secondary N) is 1. The summed E-state index contributed by atoms with van der Waals surface area (Å²) in [4.78, 5) is 13.9. The van der Waals surface area contributed by atoms with Gasteiger partial charge in [-0.2, -0.15) is 4.98 Å². The van der Waals surface area contributed by atoms with Crippen LogP contribution in [0.3, 0.4) is 0 Å². The summed E-state index contributed by atoms with van der Waals surface area (Å²) in [6.45, 7) is 9.55. The summed E-state index contributed by atoms with van der Waals surface area (Å²) in [6.07, 6.45) is 5.52. The summed E-state index contributed by atoms with van der Waals surface area (Å²) in [5.74, 6) is 1.72. The van der Waals surface area contributed by atoms with Crippen LogP contribution in [-0.4, -0.2) is 64.8 Å². The van der Waals surface area contributed by atoms with Crippen molar-refractivity contribution in [2.75, 3.05) is 49.5 Å². The van der Waals surface area contributed by atoms with Gasteiger partial charge in [-0.25, -0.2) is 4.98 Å². The molecule has 6 heteroatoms. The lowest BCUT2D eigenvalue weighted by Crippen LogP contribution is -2.52. The van der Waals surface area contributed by atoms with Crippen LogP contribution >= 0.6 is 0 Å². The molecule has 134 valence electrons. The number of hydrogen-bond acceptors (Lipinski definition) is 6. The van der Waals surface area contributed by atoms with E-state index in [-0.39, 0.29) is 0 Å². The van der Waals surface area contributed by atoms with Crippen LogP contribution in [0.1, 0.15) is 44.7 Å². The van der Waals surface area contributed by atoms with Crippen LogP contribution in [0.2, 0.25) is 0 Å². The van der Waals surface area contributed by atoms with Crippen LogP contribution < -0.4 is 10.2 Å². The van der Waals surface area contributed by atoms with Gasteiger partial charge in [0, 0.05) is 51.0 Å². The van der Waals surface area contributed by atoms with Crippen LogP contribution in [0.4, 0.5) is 11.8 Å². The van der Waals surface area contributed by atoms with Gasteiger partial charge >= 0.3 is 0 Å². The average molecular weight is 333 g/mol. The number of hydrogen-bond donors (Lipinski definition) is 2. The van der Waals surface area contributed by atoms with Gasteiger partial charge in [-0.3, -0.25) is 4.90 Å². The summed E-state index contributed by atoms with van der Waals surface area (Å²) in [7, 11) is 0. The Labute approximate surface area is 145 Å². The third-order valence-electron chi connectivity index (χ3n) is 5.16. The van der Waals surface area contributed by atoms with Gasteiger partial charge in [-0.15, -0.1) is 0 Å². The molecule has 0 bridgehead atoms. The molecule has 1 saturated carbocycles. The second kappa shape index (κ2) is 7.66. The SMILES string of the molecule is CCNc1cc(C)nc(N2CCN(CC3(O)CCCCC3)CC2)n1. The van der Waals surface area contributed by atoms with Crippen molar-refractivity contribution < 1.29 is 5.11 Å². The van der Waals surface area contributed by atoms with E-state index < -0.39 is 5.60 Å². The monoisotopic (exact) mass is 333 g/mol. The highest BCUT2D eigenvalue weighted by molar-refractivity contribution is 5.43. The molecule has 1 aliphatic carbocycles. The van der Waals surface area contributed by atoms with Gasteiger partial charge < -0.3 is 15.3 Å².